The van der Waals surface area contributed by atoms with Gasteiger partial charge in [-0.05, 0) is 43.4 Å². The fraction of sp³-hybridized carbons (Fsp3) is 0.452. The quantitative estimate of drug-likeness (QED) is 0.296. The number of aliphatic hydroxyl groups is 1. The molecule has 8 unspecified atom stereocenters. The van der Waals surface area contributed by atoms with Gasteiger partial charge in [0.05, 0.1) is 24.4 Å². The van der Waals surface area contributed by atoms with Crippen molar-refractivity contribution in [2.24, 2.45) is 11.8 Å². The Morgan fingerprint density at radius 1 is 1.23 bits per heavy atom. The lowest BCUT2D eigenvalue weighted by Crippen LogP contribution is -2.61. The van der Waals surface area contributed by atoms with Crippen LogP contribution >= 0.6 is 0 Å². The van der Waals surface area contributed by atoms with Crippen molar-refractivity contribution in [3.63, 3.8) is 0 Å². The topological polar surface area (TPSA) is 140 Å². The first-order chi connectivity index (χ1) is 20.9. The number of rotatable bonds is 8. The van der Waals surface area contributed by atoms with Gasteiger partial charge in [0.2, 0.25) is 0 Å². The lowest BCUT2D eigenvalue weighted by Gasteiger charge is -2.55. The van der Waals surface area contributed by atoms with E-state index in [9.17, 15) is 14.7 Å². The molecule has 12 nitrogen and oxygen atoms in total. The van der Waals surface area contributed by atoms with E-state index in [1.807, 2.05) is 36.7 Å². The molecule has 4 aromatic rings. The van der Waals surface area contributed by atoms with Crippen molar-refractivity contribution in [2.75, 3.05) is 20.2 Å². The largest absolute Gasteiger partial charge is 0.390 e. The van der Waals surface area contributed by atoms with E-state index >= 15 is 0 Å². The smallest absolute Gasteiger partial charge is 0.330 e. The van der Waals surface area contributed by atoms with E-state index in [0.717, 1.165) is 42.4 Å². The normalized spacial score (nSPS) is 30.0. The standard InChI is InChI=1S/C31H35N7O5/c1-3-19-16-36-12-9-20(19)14-27(36)31(42-2,22-8-11-32-23-7-5-4-6-21(22)23)26-18-37(35-34-26)17-25-24(39)15-29(43-25)38-13-10-28(40)33-30(38)41/h3-8,10-11,13,18-20,24-25,27,29,39H,1,9,12,14-17H2,2H3,(H,33,40,41). The number of benzene rings is 1. The zero-order chi connectivity index (χ0) is 29.7. The molecule has 7 heterocycles. The lowest BCUT2D eigenvalue weighted by atomic mass is 9.68. The Kier molecular flexibility index (Phi) is 7.08. The first-order valence-electron chi connectivity index (χ1n) is 14.7. The molecule has 4 aliphatic heterocycles. The number of fused-ring (bicyclic) bond motifs is 4. The summed E-state index contributed by atoms with van der Waals surface area (Å²) in [5, 5.41) is 21.0. The van der Waals surface area contributed by atoms with Crippen LogP contribution in [-0.4, -0.2) is 78.0 Å². The highest BCUT2D eigenvalue weighted by Gasteiger charge is 2.54. The van der Waals surface area contributed by atoms with Crippen LogP contribution < -0.4 is 11.2 Å². The molecule has 4 aliphatic rings. The number of H-pyrrole nitrogens is 1. The minimum Gasteiger partial charge on any atom is -0.390 e. The minimum atomic E-state index is -0.938. The second-order valence-corrected chi connectivity index (χ2v) is 11.8. The van der Waals surface area contributed by atoms with E-state index in [0.29, 0.717) is 17.5 Å². The van der Waals surface area contributed by atoms with Crippen molar-refractivity contribution < 1.29 is 14.6 Å². The van der Waals surface area contributed by atoms with Gasteiger partial charge < -0.3 is 14.6 Å². The molecule has 0 radical (unpaired) electrons. The molecule has 2 N–H and O–H groups in total. The summed E-state index contributed by atoms with van der Waals surface area (Å²) in [4.78, 5) is 33.2. The molecule has 3 aromatic heterocycles. The van der Waals surface area contributed by atoms with Crippen LogP contribution in [0, 0.1) is 11.8 Å². The van der Waals surface area contributed by atoms with Gasteiger partial charge in [-0.15, -0.1) is 11.7 Å². The van der Waals surface area contributed by atoms with Gasteiger partial charge in [-0.2, -0.15) is 0 Å². The molecule has 8 rings (SSSR count). The predicted octanol–water partition coefficient (Wildman–Crippen LogP) is 1.81. The van der Waals surface area contributed by atoms with Crippen LogP contribution in [0.15, 0.2) is 77.2 Å². The van der Waals surface area contributed by atoms with Crippen LogP contribution in [-0.2, 0) is 21.6 Å². The maximum Gasteiger partial charge on any atom is 0.330 e. The Morgan fingerprint density at radius 3 is 2.86 bits per heavy atom. The van der Waals surface area contributed by atoms with Crippen LogP contribution in [0.2, 0.25) is 0 Å². The molecule has 1 aromatic carbocycles. The molecule has 4 fully saturated rings. The highest BCUT2D eigenvalue weighted by atomic mass is 16.5. The summed E-state index contributed by atoms with van der Waals surface area (Å²) in [5.41, 5.74) is 0.512. The van der Waals surface area contributed by atoms with Crippen molar-refractivity contribution in [1.29, 1.82) is 0 Å². The first kappa shape index (κ1) is 27.8. The zero-order valence-corrected chi connectivity index (χ0v) is 24.0. The second kappa shape index (κ2) is 10.9. The average Bonchev–Trinajstić information content (AvgIpc) is 3.65. The van der Waals surface area contributed by atoms with E-state index in [4.69, 9.17) is 14.6 Å². The Morgan fingerprint density at radius 2 is 2.09 bits per heavy atom. The van der Waals surface area contributed by atoms with Gasteiger partial charge in [-0.1, -0.05) is 29.5 Å². The van der Waals surface area contributed by atoms with E-state index in [1.54, 1.807) is 11.8 Å². The van der Waals surface area contributed by atoms with E-state index in [1.165, 1.54) is 16.8 Å². The van der Waals surface area contributed by atoms with E-state index < -0.39 is 35.3 Å². The Hall–Kier alpha value is -3.97. The number of piperidine rings is 3. The number of hydrogen-bond donors (Lipinski definition) is 2. The molecule has 0 spiro atoms. The Labute approximate surface area is 247 Å². The number of nitrogens with zero attached hydrogens (tertiary/aromatic N) is 6. The van der Waals surface area contributed by atoms with Crippen molar-refractivity contribution in [2.45, 2.75) is 55.9 Å². The molecule has 2 bridgehead atoms. The Balaban J connectivity index is 1.25. The number of ether oxygens (including phenoxy) is 2. The molecular weight excluding hydrogens is 550 g/mol. The molecule has 43 heavy (non-hydrogen) atoms. The summed E-state index contributed by atoms with van der Waals surface area (Å²) >= 11 is 0. The summed E-state index contributed by atoms with van der Waals surface area (Å²) in [6.45, 7) is 6.20. The van der Waals surface area contributed by atoms with Gasteiger partial charge >= 0.3 is 5.69 Å². The molecule has 8 atom stereocenters. The molecule has 12 heteroatoms. The predicted molar refractivity (Wildman–Crippen MR) is 157 cm³/mol. The number of para-hydroxylation sites is 1. The van der Waals surface area contributed by atoms with Crippen LogP contribution in [0.4, 0.5) is 0 Å². The SMILES string of the molecule is C=CC1CN2CCC1CC2C(OC)(c1cn(CC2OC(n3ccc(=O)[nH]c3=O)CC2O)nn1)c1ccnc2ccccc12. The van der Waals surface area contributed by atoms with Gasteiger partial charge in [-0.25, -0.2) is 9.48 Å². The fourth-order valence-corrected chi connectivity index (χ4v) is 7.46. The van der Waals surface area contributed by atoms with E-state index in [2.05, 4.69) is 38.8 Å². The summed E-state index contributed by atoms with van der Waals surface area (Å²) in [5.74, 6) is 0.939. The van der Waals surface area contributed by atoms with Crippen molar-refractivity contribution in [1.82, 2.24) is 34.4 Å². The van der Waals surface area contributed by atoms with Gasteiger partial charge in [0.25, 0.3) is 5.56 Å². The van der Waals surface area contributed by atoms with Gasteiger partial charge in [-0.3, -0.25) is 24.2 Å². The molecule has 4 saturated heterocycles. The van der Waals surface area contributed by atoms with Crippen molar-refractivity contribution in [3.8, 4) is 0 Å². The summed E-state index contributed by atoms with van der Waals surface area (Å²) in [6, 6.07) is 11.3. The summed E-state index contributed by atoms with van der Waals surface area (Å²) in [7, 11) is 1.74. The number of aliphatic hydroxyl groups excluding tert-OH is 1. The molecular formula is C31H35N7O5. The van der Waals surface area contributed by atoms with Gasteiger partial charge in [0, 0.05) is 55.5 Å². The van der Waals surface area contributed by atoms with Gasteiger partial charge in [0.1, 0.15) is 18.0 Å². The van der Waals surface area contributed by atoms with Crippen molar-refractivity contribution >= 4 is 10.9 Å². The maximum atomic E-state index is 12.3. The third-order valence-electron chi connectivity index (χ3n) is 9.60. The van der Waals surface area contributed by atoms with Crippen LogP contribution in [0.1, 0.15) is 36.7 Å². The highest BCUT2D eigenvalue weighted by Crippen LogP contribution is 2.49. The number of aromatic amines is 1. The first-order valence-corrected chi connectivity index (χ1v) is 14.7. The van der Waals surface area contributed by atoms with Crippen LogP contribution in [0.25, 0.3) is 10.9 Å². The van der Waals surface area contributed by atoms with Gasteiger partial charge in [0.15, 0.2) is 5.60 Å². The third kappa shape index (κ3) is 4.65. The number of hydrogen-bond acceptors (Lipinski definition) is 9. The maximum absolute atomic E-state index is 12.3. The number of aromatic nitrogens is 6. The lowest BCUT2D eigenvalue weighted by molar-refractivity contribution is -0.108. The monoisotopic (exact) mass is 585 g/mol. The molecule has 0 saturated carbocycles. The summed E-state index contributed by atoms with van der Waals surface area (Å²) < 4.78 is 15.6. The second-order valence-electron chi connectivity index (χ2n) is 11.8. The number of methoxy groups -OCH3 is 1. The summed E-state index contributed by atoms with van der Waals surface area (Å²) in [6.07, 6.45) is 7.21. The molecule has 0 amide bonds. The fourth-order valence-electron chi connectivity index (χ4n) is 7.46. The minimum absolute atomic E-state index is 0.00761. The van der Waals surface area contributed by atoms with Crippen molar-refractivity contribution in [3.05, 3.63) is 99.7 Å². The highest BCUT2D eigenvalue weighted by molar-refractivity contribution is 5.83. The van der Waals surface area contributed by atoms with E-state index in [-0.39, 0.29) is 19.0 Å². The number of nitrogens with one attached hydrogen (secondary N) is 1. The average molecular weight is 586 g/mol. The molecule has 224 valence electrons. The zero-order valence-electron chi connectivity index (χ0n) is 24.0. The van der Waals surface area contributed by atoms with Crippen LogP contribution in [0.5, 0.6) is 0 Å². The Bertz CT molecular complexity index is 1760. The number of pyridine rings is 1. The van der Waals surface area contributed by atoms with Crippen LogP contribution in [0.3, 0.4) is 0 Å². The molecule has 0 aliphatic carbocycles. The third-order valence-corrected chi connectivity index (χ3v) is 9.60.